The summed E-state index contributed by atoms with van der Waals surface area (Å²) in [6.45, 7) is -0.490. The number of hydrogen-bond acceptors (Lipinski definition) is 5. The van der Waals surface area contributed by atoms with E-state index in [4.69, 9.17) is 4.74 Å². The minimum Gasteiger partial charge on any atom is -0.465 e. The molecule has 0 aromatic rings. The summed E-state index contributed by atoms with van der Waals surface area (Å²) >= 11 is 0. The standard InChI is InChI=1S/C16H22F4O5S/c17-15(18,16(19,20)26(23)24)2-1-3-25-12(21)13-5-10-4-11(6-13)8-14(22,7-10)9-13/h10-11,22,26H,1-9H2. The maximum absolute atomic E-state index is 13.3. The smallest absolute Gasteiger partial charge is 0.404 e. The predicted molar refractivity (Wildman–Crippen MR) is 82.5 cm³/mol. The lowest BCUT2D eigenvalue weighted by atomic mass is 9.48. The summed E-state index contributed by atoms with van der Waals surface area (Å²) in [6.07, 6.45) is 1.78. The number of hydrogen-bond donors (Lipinski definition) is 2. The zero-order chi connectivity index (χ0) is 19.4. The van der Waals surface area contributed by atoms with Crippen LogP contribution in [-0.4, -0.2) is 42.9 Å². The van der Waals surface area contributed by atoms with Crippen LogP contribution in [0.15, 0.2) is 0 Å². The van der Waals surface area contributed by atoms with Crippen LogP contribution in [0.4, 0.5) is 17.6 Å². The van der Waals surface area contributed by atoms with Crippen molar-refractivity contribution in [3.8, 4) is 0 Å². The highest BCUT2D eigenvalue weighted by Crippen LogP contribution is 2.62. The van der Waals surface area contributed by atoms with Crippen molar-refractivity contribution >= 4 is 16.7 Å². The molecule has 150 valence electrons. The van der Waals surface area contributed by atoms with Crippen molar-refractivity contribution < 1.29 is 40.6 Å². The second-order valence-electron chi connectivity index (χ2n) is 8.21. The first-order valence-corrected chi connectivity index (χ1v) is 9.87. The van der Waals surface area contributed by atoms with Crippen LogP contribution in [0.1, 0.15) is 51.4 Å². The van der Waals surface area contributed by atoms with E-state index < -0.39 is 58.3 Å². The van der Waals surface area contributed by atoms with Gasteiger partial charge >= 0.3 is 17.1 Å². The number of carbonyl (C=O) groups is 1. The lowest BCUT2D eigenvalue weighted by Crippen LogP contribution is -2.58. The van der Waals surface area contributed by atoms with Gasteiger partial charge in [0.1, 0.15) is 0 Å². The first-order valence-electron chi connectivity index (χ1n) is 8.69. The highest BCUT2D eigenvalue weighted by molar-refractivity contribution is 7.73. The van der Waals surface area contributed by atoms with Gasteiger partial charge in [-0.15, -0.1) is 0 Å². The average Bonchev–Trinajstić information content (AvgIpc) is 2.48. The van der Waals surface area contributed by atoms with Gasteiger partial charge in [0.25, 0.3) is 0 Å². The molecule has 4 rings (SSSR count). The van der Waals surface area contributed by atoms with Crippen molar-refractivity contribution in [1.82, 2.24) is 0 Å². The van der Waals surface area contributed by atoms with Crippen LogP contribution in [0.3, 0.4) is 0 Å². The summed E-state index contributed by atoms with van der Waals surface area (Å²) in [5.74, 6) is -4.81. The number of ether oxygens (including phenoxy) is 1. The van der Waals surface area contributed by atoms with Gasteiger partial charge in [-0.25, -0.2) is 8.42 Å². The second kappa shape index (κ2) is 6.32. The molecule has 0 aliphatic heterocycles. The number of aliphatic hydroxyl groups is 1. The van der Waals surface area contributed by atoms with Crippen LogP contribution >= 0.6 is 0 Å². The number of halogens is 4. The molecule has 0 saturated heterocycles. The minimum absolute atomic E-state index is 0.241. The van der Waals surface area contributed by atoms with Gasteiger partial charge < -0.3 is 9.84 Å². The van der Waals surface area contributed by atoms with Crippen LogP contribution < -0.4 is 0 Å². The molecule has 1 N–H and O–H groups in total. The van der Waals surface area contributed by atoms with E-state index >= 15 is 0 Å². The highest BCUT2D eigenvalue weighted by atomic mass is 32.2. The zero-order valence-corrected chi connectivity index (χ0v) is 15.0. The van der Waals surface area contributed by atoms with Crippen LogP contribution in [0.2, 0.25) is 0 Å². The maximum Gasteiger partial charge on any atom is 0.404 e. The molecule has 2 atom stereocenters. The van der Waals surface area contributed by atoms with E-state index in [-0.39, 0.29) is 18.3 Å². The van der Waals surface area contributed by atoms with E-state index in [1.807, 2.05) is 0 Å². The molecule has 0 heterocycles. The molecule has 2 unspecified atom stereocenters. The van der Waals surface area contributed by atoms with Gasteiger partial charge in [0.05, 0.1) is 17.6 Å². The average molecular weight is 402 g/mol. The van der Waals surface area contributed by atoms with Gasteiger partial charge in [-0.05, 0) is 56.8 Å². The molecule has 4 aliphatic rings. The summed E-state index contributed by atoms with van der Waals surface area (Å²) in [5.41, 5.74) is -1.69. The van der Waals surface area contributed by atoms with Gasteiger partial charge in [0.2, 0.25) is 10.7 Å². The number of alkyl halides is 4. The number of rotatable bonds is 7. The molecule has 4 fully saturated rings. The lowest BCUT2D eigenvalue weighted by Gasteiger charge is -2.58. The molecule has 4 saturated carbocycles. The molecule has 0 radical (unpaired) electrons. The third-order valence-electron chi connectivity index (χ3n) is 6.00. The molecule has 26 heavy (non-hydrogen) atoms. The Balaban J connectivity index is 1.54. The number of thiol groups is 1. The fourth-order valence-corrected chi connectivity index (χ4v) is 5.73. The fraction of sp³-hybridized carbons (Fsp3) is 0.938. The monoisotopic (exact) mass is 402 g/mol. The first kappa shape index (κ1) is 19.9. The third kappa shape index (κ3) is 3.34. The topological polar surface area (TPSA) is 80.7 Å². The highest BCUT2D eigenvalue weighted by Gasteiger charge is 2.61. The molecule has 0 aromatic carbocycles. The van der Waals surface area contributed by atoms with E-state index in [0.29, 0.717) is 25.7 Å². The van der Waals surface area contributed by atoms with E-state index in [1.54, 1.807) is 0 Å². The van der Waals surface area contributed by atoms with Crippen LogP contribution in [0, 0.1) is 17.3 Å². The van der Waals surface area contributed by atoms with Crippen molar-refractivity contribution in [2.24, 2.45) is 17.3 Å². The normalized spacial score (nSPS) is 36.5. The van der Waals surface area contributed by atoms with E-state index in [0.717, 1.165) is 6.42 Å². The maximum atomic E-state index is 13.3. The third-order valence-corrected chi connectivity index (χ3v) is 6.79. The van der Waals surface area contributed by atoms with Gasteiger partial charge in [0.15, 0.2) is 0 Å². The summed E-state index contributed by atoms with van der Waals surface area (Å²) < 4.78 is 78.3. The van der Waals surface area contributed by atoms with Gasteiger partial charge in [-0.1, -0.05) is 0 Å². The molecule has 0 aromatic heterocycles. The van der Waals surface area contributed by atoms with Crippen molar-refractivity contribution in [3.05, 3.63) is 0 Å². The van der Waals surface area contributed by atoms with Gasteiger partial charge in [-0.3, -0.25) is 4.79 Å². The lowest BCUT2D eigenvalue weighted by molar-refractivity contribution is -0.197. The Morgan fingerprint density at radius 2 is 1.69 bits per heavy atom. The van der Waals surface area contributed by atoms with Crippen molar-refractivity contribution in [2.45, 2.75) is 68.1 Å². The Labute approximate surface area is 150 Å². The summed E-state index contributed by atoms with van der Waals surface area (Å²) in [7, 11) is -4.61. The first-order chi connectivity index (χ1) is 11.9. The largest absolute Gasteiger partial charge is 0.465 e. The van der Waals surface area contributed by atoms with Crippen LogP contribution in [0.5, 0.6) is 0 Å². The minimum atomic E-state index is -5.13. The Kier molecular flexibility index (Phi) is 4.83. The zero-order valence-electron chi connectivity index (χ0n) is 14.1. The predicted octanol–water partition coefficient (Wildman–Crippen LogP) is 2.48. The molecule has 4 aliphatic carbocycles. The van der Waals surface area contributed by atoms with Crippen molar-refractivity contribution in [3.63, 3.8) is 0 Å². The summed E-state index contributed by atoms with van der Waals surface area (Å²) in [4.78, 5) is 12.5. The van der Waals surface area contributed by atoms with Crippen LogP contribution in [-0.2, 0) is 20.2 Å². The second-order valence-corrected chi connectivity index (χ2v) is 9.28. The molecule has 0 spiro atoms. The molecular formula is C16H22F4O5S. The Bertz CT molecular complexity index is 641. The van der Waals surface area contributed by atoms with E-state index in [2.05, 4.69) is 0 Å². The van der Waals surface area contributed by atoms with Crippen LogP contribution in [0.25, 0.3) is 0 Å². The fourth-order valence-electron chi connectivity index (χ4n) is 5.35. The Hall–Kier alpha value is -0.900. The van der Waals surface area contributed by atoms with E-state index in [1.165, 1.54) is 0 Å². The van der Waals surface area contributed by atoms with E-state index in [9.17, 15) is 35.9 Å². The van der Waals surface area contributed by atoms with Crippen molar-refractivity contribution in [1.29, 1.82) is 0 Å². The molecule has 10 heteroatoms. The summed E-state index contributed by atoms with van der Waals surface area (Å²) in [5, 5.41) is 5.46. The SMILES string of the molecule is O=C(OCCCC(F)(F)C(F)(F)[SH](=O)=O)C12CC3CC(CC(O)(C3)C1)C2. The number of esters is 1. The Morgan fingerprint density at radius 1 is 1.12 bits per heavy atom. The van der Waals surface area contributed by atoms with Gasteiger partial charge in [0, 0.05) is 6.42 Å². The summed E-state index contributed by atoms with van der Waals surface area (Å²) in [6, 6.07) is 0. The quantitative estimate of drug-likeness (QED) is 0.296. The molecular weight excluding hydrogens is 380 g/mol. The van der Waals surface area contributed by atoms with Crippen molar-refractivity contribution in [2.75, 3.05) is 6.61 Å². The molecule has 0 amide bonds. The molecule has 5 nitrogen and oxygen atoms in total. The Morgan fingerprint density at radius 3 is 2.19 bits per heavy atom. The van der Waals surface area contributed by atoms with Gasteiger partial charge in [-0.2, -0.15) is 17.6 Å². The molecule has 4 bridgehead atoms. The number of carbonyl (C=O) groups excluding carboxylic acids is 1.